The van der Waals surface area contributed by atoms with Gasteiger partial charge in [-0.25, -0.2) is 14.6 Å². The van der Waals surface area contributed by atoms with E-state index in [1.807, 2.05) is 58.0 Å². The van der Waals surface area contributed by atoms with E-state index in [1.54, 1.807) is 12.2 Å². The van der Waals surface area contributed by atoms with Crippen molar-refractivity contribution < 1.29 is 38.5 Å². The lowest BCUT2D eigenvalue weighted by Gasteiger charge is -2.35. The van der Waals surface area contributed by atoms with Crippen LogP contribution >= 0.6 is 0 Å². The standard InChI is InChI=1S/C41H42N4O8/c1-9-23-20(2)29-17-34-27-13-10-26(39(49)52-7)38(40(50)53-8)41(27,5)35(45-34)19-30-22(4)25(12-15-37(48)51-6)33(44-30)18-32-24(11-14-36(46)47)21(3)28(43-32)16-31(23)42-29/h9-10,13,16-19,27,42,44H,1,11-12,14-15H2,2-8H3,(H,46,47)/t27?,41-/m1/s1. The van der Waals surface area contributed by atoms with Crippen LogP contribution in [0, 0.1) is 13.8 Å². The fraction of sp³-hybridized carbons (Fsp3) is 0.317. The summed E-state index contributed by atoms with van der Waals surface area (Å²) >= 11 is 0. The average molecular weight is 719 g/mol. The normalized spacial score (nSPS) is 17.8. The summed E-state index contributed by atoms with van der Waals surface area (Å²) in [4.78, 5) is 68.1. The number of ether oxygens (including phenoxy) is 3. The van der Waals surface area contributed by atoms with Crippen LogP contribution in [0.4, 0.5) is 0 Å². The lowest BCUT2D eigenvalue weighted by atomic mass is 9.65. The van der Waals surface area contributed by atoms with Gasteiger partial charge in [-0.2, -0.15) is 0 Å². The first-order valence-electron chi connectivity index (χ1n) is 17.2. The van der Waals surface area contributed by atoms with Crippen LogP contribution in [0.15, 0.2) is 54.1 Å². The van der Waals surface area contributed by atoms with Gasteiger partial charge in [0.1, 0.15) is 0 Å². The summed E-state index contributed by atoms with van der Waals surface area (Å²) in [6.45, 7) is 11.8. The highest BCUT2D eigenvalue weighted by Gasteiger charge is 2.51. The number of nitrogens with zero attached hydrogens (tertiary/aromatic N) is 2. The SMILES string of the molecule is C=Cc1c(C)c2cc3nc(cc4[nH]c(cc5nc(cc1[nH]2)C(C)=C5CCC(=O)O)c(CCC(=O)OC)c4C)[C@]1(C)C(C(=O)OC)=C(C(=O)OC)C=CC31. The average Bonchev–Trinajstić information content (AvgIpc) is 3.79. The van der Waals surface area contributed by atoms with Crippen LogP contribution in [0.1, 0.15) is 84.1 Å². The molecule has 1 aliphatic carbocycles. The van der Waals surface area contributed by atoms with Crippen molar-refractivity contribution >= 4 is 63.2 Å². The largest absolute Gasteiger partial charge is 0.481 e. The zero-order chi connectivity index (χ0) is 38.4. The molecule has 3 aromatic heterocycles. The molecule has 6 rings (SSSR count). The fourth-order valence-corrected chi connectivity index (χ4v) is 7.68. The molecular formula is C41H42N4O8. The maximum absolute atomic E-state index is 13.7. The van der Waals surface area contributed by atoms with Crippen molar-refractivity contribution in [2.24, 2.45) is 0 Å². The van der Waals surface area contributed by atoms with Gasteiger partial charge >= 0.3 is 23.9 Å². The number of aromatic amines is 2. The van der Waals surface area contributed by atoms with Gasteiger partial charge in [-0.15, -0.1) is 0 Å². The van der Waals surface area contributed by atoms with Crippen molar-refractivity contribution in [2.75, 3.05) is 21.3 Å². The van der Waals surface area contributed by atoms with Gasteiger partial charge in [-0.3, -0.25) is 14.6 Å². The van der Waals surface area contributed by atoms with E-state index < -0.39 is 29.2 Å². The number of carbonyl (C=O) groups excluding carboxylic acids is 3. The monoisotopic (exact) mass is 718 g/mol. The van der Waals surface area contributed by atoms with Crippen LogP contribution in [-0.4, -0.2) is 70.2 Å². The number of rotatable bonds is 9. The van der Waals surface area contributed by atoms with Gasteiger partial charge < -0.3 is 29.3 Å². The minimum Gasteiger partial charge on any atom is -0.481 e. The first kappa shape index (κ1) is 36.7. The summed E-state index contributed by atoms with van der Waals surface area (Å²) in [5.74, 6) is -3.14. The molecule has 3 N–H and O–H groups in total. The van der Waals surface area contributed by atoms with E-state index in [-0.39, 0.29) is 36.4 Å². The maximum atomic E-state index is 13.7. The van der Waals surface area contributed by atoms with E-state index >= 15 is 0 Å². The molecule has 0 aromatic carbocycles. The van der Waals surface area contributed by atoms with Crippen molar-refractivity contribution in [3.05, 3.63) is 99.2 Å². The number of allylic oxidation sites excluding steroid dienone is 3. The molecule has 1 unspecified atom stereocenters. The Bertz CT molecular complexity index is 2370. The van der Waals surface area contributed by atoms with Crippen LogP contribution < -0.4 is 0 Å². The Hall–Kier alpha value is -6.04. The quantitative estimate of drug-likeness (QED) is 0.159. The number of aromatic nitrogens is 4. The second kappa shape index (κ2) is 14.2. The predicted molar refractivity (Wildman–Crippen MR) is 201 cm³/mol. The second-order valence-electron chi connectivity index (χ2n) is 13.5. The van der Waals surface area contributed by atoms with Crippen LogP contribution in [-0.2, 0) is 45.2 Å². The minimum atomic E-state index is -1.17. The number of hydrogen-bond acceptors (Lipinski definition) is 9. The number of nitrogens with one attached hydrogen (secondary N) is 2. The summed E-state index contributed by atoms with van der Waals surface area (Å²) in [5, 5.41) is 9.61. The molecule has 0 fully saturated rings. The van der Waals surface area contributed by atoms with E-state index in [0.29, 0.717) is 40.2 Å². The van der Waals surface area contributed by atoms with Gasteiger partial charge in [-0.1, -0.05) is 24.8 Å². The molecule has 5 heterocycles. The van der Waals surface area contributed by atoms with E-state index in [9.17, 15) is 24.3 Å². The number of methoxy groups -OCH3 is 3. The Morgan fingerprint density at radius 1 is 0.849 bits per heavy atom. The third-order valence-electron chi connectivity index (χ3n) is 10.7. The third-order valence-corrected chi connectivity index (χ3v) is 10.7. The summed E-state index contributed by atoms with van der Waals surface area (Å²) in [7, 11) is 3.87. The molecule has 12 nitrogen and oxygen atoms in total. The minimum absolute atomic E-state index is 0.0753. The number of hydrogen-bond donors (Lipinski definition) is 3. The molecule has 8 bridgehead atoms. The molecule has 3 aliphatic rings. The van der Waals surface area contributed by atoms with E-state index in [2.05, 4.69) is 16.5 Å². The van der Waals surface area contributed by atoms with Crippen molar-refractivity contribution in [3.63, 3.8) is 0 Å². The predicted octanol–water partition coefficient (Wildman–Crippen LogP) is 6.73. The van der Waals surface area contributed by atoms with Crippen molar-refractivity contribution in [3.8, 4) is 0 Å². The maximum Gasteiger partial charge on any atom is 0.338 e. The zero-order valence-electron chi connectivity index (χ0n) is 30.9. The Labute approximate surface area is 306 Å². The van der Waals surface area contributed by atoms with Crippen molar-refractivity contribution in [2.45, 2.75) is 64.7 Å². The number of fused-ring (bicyclic) bond motifs is 11. The Morgan fingerprint density at radius 3 is 2.19 bits per heavy atom. The van der Waals surface area contributed by atoms with Gasteiger partial charge in [0.2, 0.25) is 0 Å². The second-order valence-corrected chi connectivity index (χ2v) is 13.5. The fourth-order valence-electron chi connectivity index (χ4n) is 7.68. The molecule has 3 aromatic rings. The summed E-state index contributed by atoms with van der Waals surface area (Å²) in [5.41, 5.74) is 9.37. The highest BCUT2D eigenvalue weighted by Crippen LogP contribution is 2.52. The molecule has 0 spiro atoms. The third kappa shape index (κ3) is 6.28. The van der Waals surface area contributed by atoms with E-state index in [1.165, 1.54) is 21.3 Å². The van der Waals surface area contributed by atoms with Crippen molar-refractivity contribution in [1.29, 1.82) is 0 Å². The van der Waals surface area contributed by atoms with Crippen LogP contribution in [0.2, 0.25) is 0 Å². The van der Waals surface area contributed by atoms with Gasteiger partial charge in [0.15, 0.2) is 0 Å². The highest BCUT2D eigenvalue weighted by atomic mass is 16.5. The van der Waals surface area contributed by atoms with Gasteiger partial charge in [-0.05, 0) is 92.6 Å². The Kier molecular flexibility index (Phi) is 9.83. The molecule has 2 aliphatic heterocycles. The summed E-state index contributed by atoms with van der Waals surface area (Å²) < 4.78 is 15.3. The molecule has 53 heavy (non-hydrogen) atoms. The lowest BCUT2D eigenvalue weighted by Crippen LogP contribution is -2.37. The van der Waals surface area contributed by atoms with Gasteiger partial charge in [0.05, 0.1) is 60.7 Å². The molecule has 12 heteroatoms. The van der Waals surface area contributed by atoms with E-state index in [0.717, 1.165) is 44.4 Å². The van der Waals surface area contributed by atoms with Gasteiger partial charge in [0.25, 0.3) is 0 Å². The first-order valence-corrected chi connectivity index (χ1v) is 17.2. The number of carboxylic acids is 1. The number of aryl methyl sites for hydroxylation is 3. The summed E-state index contributed by atoms with van der Waals surface area (Å²) in [6.07, 6.45) is 5.85. The molecule has 274 valence electrons. The zero-order valence-corrected chi connectivity index (χ0v) is 30.9. The topological polar surface area (TPSA) is 174 Å². The number of esters is 3. The molecule has 0 saturated heterocycles. The first-order chi connectivity index (χ1) is 25.3. The van der Waals surface area contributed by atoms with E-state index in [4.69, 9.17) is 24.2 Å². The summed E-state index contributed by atoms with van der Waals surface area (Å²) in [6, 6.07) is 7.62. The lowest BCUT2D eigenvalue weighted by molar-refractivity contribution is -0.140. The number of aliphatic carboxylic acids is 1. The van der Waals surface area contributed by atoms with Crippen molar-refractivity contribution in [1.82, 2.24) is 19.9 Å². The smallest absolute Gasteiger partial charge is 0.338 e. The molecule has 0 saturated carbocycles. The van der Waals surface area contributed by atoms with Crippen LogP contribution in [0.3, 0.4) is 0 Å². The number of H-pyrrole nitrogens is 2. The van der Waals surface area contributed by atoms with Crippen LogP contribution in [0.25, 0.3) is 39.3 Å². The number of carbonyl (C=O) groups is 4. The molecule has 2 atom stereocenters. The Balaban J connectivity index is 1.78. The molecule has 0 amide bonds. The Morgan fingerprint density at radius 2 is 1.53 bits per heavy atom. The number of carboxylic acid groups (broad SMARTS) is 1. The molecular weight excluding hydrogens is 676 g/mol. The van der Waals surface area contributed by atoms with Crippen LogP contribution in [0.5, 0.6) is 0 Å². The highest BCUT2D eigenvalue weighted by molar-refractivity contribution is 6.05. The molecule has 0 radical (unpaired) electrons. The van der Waals surface area contributed by atoms with Gasteiger partial charge in [0, 0.05) is 46.4 Å².